The van der Waals surface area contributed by atoms with Gasteiger partial charge in [-0.05, 0) is 98.6 Å². The second-order valence-corrected chi connectivity index (χ2v) is 42.6. The smallest absolute Gasteiger partial charge is 0.303 e. The SMILES string of the molecule is CN(C)CCCCCCNCCC[Si]1(O[Si](C)(C)C)OC(C)(C)C[Si](C)(C)[Si]1(C)C. The summed E-state index contributed by atoms with van der Waals surface area (Å²) in [6, 6.07) is 2.47. The topological polar surface area (TPSA) is 33.7 Å². The van der Waals surface area contributed by atoms with Crippen LogP contribution in [-0.4, -0.2) is 75.3 Å². The van der Waals surface area contributed by atoms with Crippen molar-refractivity contribution < 1.29 is 8.54 Å². The van der Waals surface area contributed by atoms with Crippen LogP contribution in [0.2, 0.25) is 57.9 Å². The normalized spacial score (nSPS) is 25.6. The minimum atomic E-state index is -2.20. The molecule has 1 aliphatic rings. The zero-order valence-electron chi connectivity index (χ0n) is 22.3. The molecule has 30 heavy (non-hydrogen) atoms. The van der Waals surface area contributed by atoms with Crippen LogP contribution < -0.4 is 5.32 Å². The number of nitrogens with zero attached hydrogens (tertiary/aromatic N) is 1. The third-order valence-electron chi connectivity index (χ3n) is 6.99. The molecule has 1 aliphatic heterocycles. The molecule has 1 heterocycles. The van der Waals surface area contributed by atoms with Crippen LogP contribution in [0, 0.1) is 0 Å². The molecule has 0 aromatic rings. The van der Waals surface area contributed by atoms with Crippen molar-refractivity contribution in [2.45, 2.75) is 109 Å². The van der Waals surface area contributed by atoms with E-state index in [1.165, 1.54) is 50.7 Å². The predicted octanol–water partition coefficient (Wildman–Crippen LogP) is 5.76. The van der Waals surface area contributed by atoms with E-state index in [1.54, 1.807) is 0 Å². The molecule has 0 bridgehead atoms. The molecule has 1 N–H and O–H groups in total. The Kier molecular flexibility index (Phi) is 10.8. The molecule has 1 rings (SSSR count). The lowest BCUT2D eigenvalue weighted by molar-refractivity contribution is 0.0909. The molecule has 180 valence electrons. The number of rotatable bonds is 13. The van der Waals surface area contributed by atoms with E-state index in [0.717, 1.165) is 13.1 Å². The van der Waals surface area contributed by atoms with Crippen molar-refractivity contribution in [3.05, 3.63) is 0 Å². The van der Waals surface area contributed by atoms with E-state index in [9.17, 15) is 0 Å². The van der Waals surface area contributed by atoms with Gasteiger partial charge in [-0.3, -0.25) is 0 Å². The van der Waals surface area contributed by atoms with E-state index in [4.69, 9.17) is 8.54 Å². The lowest BCUT2D eigenvalue weighted by Gasteiger charge is -2.60. The van der Waals surface area contributed by atoms with Gasteiger partial charge >= 0.3 is 8.08 Å². The van der Waals surface area contributed by atoms with Crippen molar-refractivity contribution in [1.82, 2.24) is 10.2 Å². The maximum absolute atomic E-state index is 7.16. The average molecular weight is 491 g/mol. The summed E-state index contributed by atoms with van der Waals surface area (Å²) in [6.07, 6.45) is 6.51. The van der Waals surface area contributed by atoms with Gasteiger partial charge in [0.1, 0.15) is 7.11 Å². The van der Waals surface area contributed by atoms with Crippen LogP contribution in [0.25, 0.3) is 0 Å². The molecule has 0 aliphatic carbocycles. The van der Waals surface area contributed by atoms with Crippen LogP contribution in [0.3, 0.4) is 0 Å². The number of unbranched alkanes of at least 4 members (excludes halogenated alkanes) is 3. The highest BCUT2D eigenvalue weighted by Gasteiger charge is 2.67. The summed E-state index contributed by atoms with van der Waals surface area (Å²) >= 11 is 0. The summed E-state index contributed by atoms with van der Waals surface area (Å²) in [4.78, 5) is 2.28. The highest BCUT2D eigenvalue weighted by molar-refractivity contribution is 7.67. The van der Waals surface area contributed by atoms with Gasteiger partial charge in [-0.25, -0.2) is 0 Å². The summed E-state index contributed by atoms with van der Waals surface area (Å²) in [7, 11) is -2.44. The molecular formula is C22H54N2O2Si4. The molecule has 1 atom stereocenters. The van der Waals surface area contributed by atoms with Crippen LogP contribution in [0.4, 0.5) is 0 Å². The van der Waals surface area contributed by atoms with E-state index in [0.29, 0.717) is 0 Å². The van der Waals surface area contributed by atoms with E-state index in [2.05, 4.69) is 84.0 Å². The first-order valence-corrected chi connectivity index (χ1v) is 25.9. The highest BCUT2D eigenvalue weighted by Crippen LogP contribution is 2.47. The molecular weight excluding hydrogens is 437 g/mol. The largest absolute Gasteiger partial charge is 0.439 e. The Bertz CT molecular complexity index is 518. The summed E-state index contributed by atoms with van der Waals surface area (Å²) < 4.78 is 14.3. The summed E-state index contributed by atoms with van der Waals surface area (Å²) in [5.41, 5.74) is -0.00982. The van der Waals surface area contributed by atoms with Crippen molar-refractivity contribution in [3.8, 4) is 0 Å². The fraction of sp³-hybridized carbons (Fsp3) is 1.00. The van der Waals surface area contributed by atoms with E-state index >= 15 is 0 Å². The average Bonchev–Trinajstić information content (AvgIpc) is 2.51. The van der Waals surface area contributed by atoms with E-state index < -0.39 is 31.1 Å². The van der Waals surface area contributed by atoms with Crippen LogP contribution in [-0.2, 0) is 8.54 Å². The second-order valence-electron chi connectivity index (χ2n) is 12.6. The van der Waals surface area contributed by atoms with Crippen molar-refractivity contribution >= 4 is 31.1 Å². The van der Waals surface area contributed by atoms with Crippen LogP contribution in [0.5, 0.6) is 0 Å². The Morgan fingerprint density at radius 1 is 0.933 bits per heavy atom. The fourth-order valence-electron chi connectivity index (χ4n) is 5.07. The van der Waals surface area contributed by atoms with Gasteiger partial charge in [0, 0.05) is 7.59 Å². The zero-order valence-corrected chi connectivity index (χ0v) is 26.3. The molecule has 1 fully saturated rings. The Balaban J connectivity index is 2.63. The number of nitrogens with one attached hydrogen (secondary N) is 1. The minimum Gasteiger partial charge on any atom is -0.439 e. The molecule has 0 saturated carbocycles. The Labute approximate surface area is 192 Å². The van der Waals surface area contributed by atoms with Crippen molar-refractivity contribution in [2.24, 2.45) is 0 Å². The van der Waals surface area contributed by atoms with Gasteiger partial charge in [0.05, 0.1) is 5.60 Å². The summed E-state index contributed by atoms with van der Waals surface area (Å²) in [6.45, 7) is 25.7. The monoisotopic (exact) mass is 490 g/mol. The Morgan fingerprint density at radius 2 is 1.50 bits per heavy atom. The van der Waals surface area contributed by atoms with Gasteiger partial charge in [-0.15, -0.1) is 0 Å². The number of hydrogen-bond donors (Lipinski definition) is 1. The van der Waals surface area contributed by atoms with E-state index in [-0.39, 0.29) is 5.60 Å². The summed E-state index contributed by atoms with van der Waals surface area (Å²) in [5, 5.41) is 3.71. The fourth-order valence-corrected chi connectivity index (χ4v) is 44.8. The first-order valence-electron chi connectivity index (χ1n) is 12.3. The third kappa shape index (κ3) is 8.57. The van der Waals surface area contributed by atoms with Gasteiger partial charge in [-0.1, -0.05) is 39.0 Å². The maximum Gasteiger partial charge on any atom is 0.303 e. The molecule has 0 aromatic heterocycles. The minimum absolute atomic E-state index is 0.00982. The Morgan fingerprint density at radius 3 is 2.07 bits per heavy atom. The maximum atomic E-state index is 7.16. The molecule has 0 spiro atoms. The zero-order chi connectivity index (χ0) is 23.3. The van der Waals surface area contributed by atoms with Crippen molar-refractivity contribution in [3.63, 3.8) is 0 Å². The van der Waals surface area contributed by atoms with Gasteiger partial charge in [0.15, 0.2) is 8.32 Å². The first kappa shape index (κ1) is 28.7. The van der Waals surface area contributed by atoms with E-state index in [1.807, 2.05) is 0 Å². The standard InChI is InChI=1S/C22H54N2O2Si4/c1-22(2)21-28(8,9)29(10,11)30(25-22,26-27(5,6)7)20-16-18-23-17-14-12-13-15-19-24(3)4/h23H,12-21H2,1-11H3. The van der Waals surface area contributed by atoms with Crippen molar-refractivity contribution in [1.29, 1.82) is 0 Å². The quantitative estimate of drug-likeness (QED) is 0.263. The van der Waals surface area contributed by atoms with Gasteiger partial charge in [-0.2, -0.15) is 0 Å². The van der Waals surface area contributed by atoms with Crippen LogP contribution in [0.15, 0.2) is 0 Å². The third-order valence-corrected chi connectivity index (χ3v) is 47.6. The molecule has 0 amide bonds. The lowest BCUT2D eigenvalue weighted by atomic mass is 10.2. The molecule has 1 unspecified atom stereocenters. The van der Waals surface area contributed by atoms with Gasteiger partial charge in [0.2, 0.25) is 0 Å². The predicted molar refractivity (Wildman–Crippen MR) is 144 cm³/mol. The molecule has 0 aromatic carbocycles. The first-order chi connectivity index (χ1) is 13.5. The van der Waals surface area contributed by atoms with Crippen molar-refractivity contribution in [2.75, 3.05) is 33.7 Å². The Hall–Kier alpha value is 0.708. The number of hydrogen-bond acceptors (Lipinski definition) is 4. The molecule has 4 nitrogen and oxygen atoms in total. The van der Waals surface area contributed by atoms with Crippen LogP contribution in [0.1, 0.15) is 46.0 Å². The van der Waals surface area contributed by atoms with Crippen LogP contribution >= 0.6 is 0 Å². The molecule has 8 heteroatoms. The summed E-state index contributed by atoms with van der Waals surface area (Å²) in [5.74, 6) is 0. The lowest BCUT2D eigenvalue weighted by Crippen LogP contribution is -2.82. The van der Waals surface area contributed by atoms with Gasteiger partial charge < -0.3 is 18.8 Å². The molecule has 1 saturated heterocycles. The second kappa shape index (κ2) is 11.2. The highest BCUT2D eigenvalue weighted by atomic mass is 29.7. The molecule has 0 radical (unpaired) electrons. The van der Waals surface area contributed by atoms with Gasteiger partial charge in [0.25, 0.3) is 0 Å².